The monoisotopic (exact) mass is 610 g/mol. The standard InChI is InChI=1S/C32H42N4O8/c1-32(2,3)44-31(37)23-42-16-15-40-12-11-38-9-10-39-13-14-41-17-18-43-30-19-24-7-8-36(28(24)22-35-30)29-20-26-25(21-34-29)5-4-6-27(26)33/h4-8,19-22H,9-18,23,33H2,1-3H3. The highest BCUT2D eigenvalue weighted by atomic mass is 16.6. The van der Waals surface area contributed by atoms with Gasteiger partial charge in [-0.25, -0.2) is 14.8 Å². The molecule has 0 aliphatic rings. The number of pyridine rings is 2. The fourth-order valence-corrected chi connectivity index (χ4v) is 4.22. The first-order valence-electron chi connectivity index (χ1n) is 14.7. The molecule has 0 bridgehead atoms. The van der Waals surface area contributed by atoms with Gasteiger partial charge in [0.15, 0.2) is 0 Å². The number of esters is 1. The van der Waals surface area contributed by atoms with Crippen molar-refractivity contribution in [3.8, 4) is 11.7 Å². The van der Waals surface area contributed by atoms with Crippen LogP contribution < -0.4 is 10.5 Å². The predicted octanol–water partition coefficient (Wildman–Crippen LogP) is 3.96. The minimum Gasteiger partial charge on any atom is -0.475 e. The average molecular weight is 611 g/mol. The van der Waals surface area contributed by atoms with Gasteiger partial charge in [-0.3, -0.25) is 4.57 Å². The second-order valence-corrected chi connectivity index (χ2v) is 10.8. The molecular formula is C32H42N4O8. The van der Waals surface area contributed by atoms with Crippen molar-refractivity contribution in [3.63, 3.8) is 0 Å². The van der Waals surface area contributed by atoms with E-state index in [9.17, 15) is 4.79 Å². The molecule has 2 N–H and O–H groups in total. The molecule has 0 fully saturated rings. The molecule has 0 aliphatic carbocycles. The summed E-state index contributed by atoms with van der Waals surface area (Å²) in [6.45, 7) is 9.56. The fourth-order valence-electron chi connectivity index (χ4n) is 4.22. The quantitative estimate of drug-likeness (QED) is 0.0938. The molecule has 0 spiro atoms. The van der Waals surface area contributed by atoms with Crippen LogP contribution in [0, 0.1) is 0 Å². The average Bonchev–Trinajstić information content (AvgIpc) is 3.41. The van der Waals surface area contributed by atoms with E-state index in [1.807, 2.05) is 74.1 Å². The van der Waals surface area contributed by atoms with E-state index in [0.717, 1.165) is 33.2 Å². The number of rotatable bonds is 19. The van der Waals surface area contributed by atoms with Crippen molar-refractivity contribution >= 4 is 33.3 Å². The lowest BCUT2D eigenvalue weighted by molar-refractivity contribution is -0.160. The molecule has 0 atom stereocenters. The van der Waals surface area contributed by atoms with Crippen LogP contribution in [0.5, 0.6) is 5.88 Å². The minimum atomic E-state index is -0.514. The molecular weight excluding hydrogens is 568 g/mol. The van der Waals surface area contributed by atoms with Crippen LogP contribution in [0.3, 0.4) is 0 Å². The summed E-state index contributed by atoms with van der Waals surface area (Å²) in [4.78, 5) is 20.6. The third kappa shape index (κ3) is 10.7. The van der Waals surface area contributed by atoms with Gasteiger partial charge in [-0.05, 0) is 39.0 Å². The summed E-state index contributed by atoms with van der Waals surface area (Å²) in [5, 5.41) is 2.95. The van der Waals surface area contributed by atoms with Gasteiger partial charge in [-0.15, -0.1) is 0 Å². The summed E-state index contributed by atoms with van der Waals surface area (Å²) in [7, 11) is 0. The maximum absolute atomic E-state index is 11.5. The van der Waals surface area contributed by atoms with Crippen LogP contribution in [0.2, 0.25) is 0 Å². The molecule has 3 heterocycles. The Balaban J connectivity index is 0.998. The number of carbonyl (C=O) groups excluding carboxylic acids is 1. The van der Waals surface area contributed by atoms with E-state index in [-0.39, 0.29) is 12.6 Å². The Hall–Kier alpha value is -3.81. The third-order valence-electron chi connectivity index (χ3n) is 6.19. The topological polar surface area (TPSA) is 138 Å². The molecule has 44 heavy (non-hydrogen) atoms. The van der Waals surface area contributed by atoms with Gasteiger partial charge >= 0.3 is 5.97 Å². The number of anilines is 1. The Labute approximate surface area is 257 Å². The number of hydrogen-bond donors (Lipinski definition) is 1. The fraction of sp³-hybridized carbons (Fsp3) is 0.469. The van der Waals surface area contributed by atoms with Gasteiger partial charge in [0.2, 0.25) is 5.88 Å². The first-order valence-corrected chi connectivity index (χ1v) is 14.7. The zero-order valence-corrected chi connectivity index (χ0v) is 25.7. The van der Waals surface area contributed by atoms with E-state index in [0.29, 0.717) is 71.9 Å². The van der Waals surface area contributed by atoms with Crippen molar-refractivity contribution < 1.29 is 38.0 Å². The maximum Gasteiger partial charge on any atom is 0.332 e. The van der Waals surface area contributed by atoms with Crippen molar-refractivity contribution in [1.29, 1.82) is 0 Å². The molecule has 1 aromatic carbocycles. The Morgan fingerprint density at radius 3 is 2.07 bits per heavy atom. The number of benzene rings is 1. The highest BCUT2D eigenvalue weighted by Crippen LogP contribution is 2.26. The van der Waals surface area contributed by atoms with Crippen LogP contribution in [0.4, 0.5) is 5.69 Å². The van der Waals surface area contributed by atoms with Gasteiger partial charge in [-0.2, -0.15) is 0 Å². The van der Waals surface area contributed by atoms with Crippen molar-refractivity contribution in [3.05, 3.63) is 55.0 Å². The number of carbonyl (C=O) groups is 1. The summed E-state index contributed by atoms with van der Waals surface area (Å²) < 4.78 is 40.1. The molecule has 0 unspecified atom stereocenters. The summed E-state index contributed by atoms with van der Waals surface area (Å²) in [6.07, 6.45) is 5.56. The molecule has 4 rings (SSSR count). The Morgan fingerprint density at radius 1 is 0.773 bits per heavy atom. The number of nitrogens with two attached hydrogens (primary N) is 1. The molecule has 12 heteroatoms. The Kier molecular flexibility index (Phi) is 12.7. The van der Waals surface area contributed by atoms with Crippen LogP contribution in [-0.4, -0.2) is 98.8 Å². The molecule has 12 nitrogen and oxygen atoms in total. The number of fused-ring (bicyclic) bond motifs is 2. The molecule has 0 amide bonds. The number of hydrogen-bond acceptors (Lipinski definition) is 11. The molecule has 3 aromatic heterocycles. The SMILES string of the molecule is CC(C)(C)OC(=O)COCCOCCOCCOCCOCCOc1cc2ccn(-c3cc4c(N)cccc4cn3)c2cn1. The van der Waals surface area contributed by atoms with Gasteiger partial charge in [0, 0.05) is 40.3 Å². The summed E-state index contributed by atoms with van der Waals surface area (Å²) >= 11 is 0. The van der Waals surface area contributed by atoms with Crippen molar-refractivity contribution in [2.75, 3.05) is 78.4 Å². The van der Waals surface area contributed by atoms with Gasteiger partial charge in [0.1, 0.15) is 24.6 Å². The first-order chi connectivity index (χ1) is 21.3. The van der Waals surface area contributed by atoms with Crippen LogP contribution >= 0.6 is 0 Å². The lowest BCUT2D eigenvalue weighted by Crippen LogP contribution is -2.27. The van der Waals surface area contributed by atoms with E-state index < -0.39 is 5.60 Å². The van der Waals surface area contributed by atoms with Crippen LogP contribution in [0.15, 0.2) is 55.0 Å². The van der Waals surface area contributed by atoms with Crippen LogP contribution in [0.25, 0.3) is 27.5 Å². The van der Waals surface area contributed by atoms with Gasteiger partial charge in [0.25, 0.3) is 0 Å². The lowest BCUT2D eigenvalue weighted by Gasteiger charge is -2.19. The van der Waals surface area contributed by atoms with Crippen molar-refractivity contribution in [1.82, 2.24) is 14.5 Å². The minimum absolute atomic E-state index is 0.0864. The highest BCUT2D eigenvalue weighted by Gasteiger charge is 2.16. The first kappa shape index (κ1) is 33.1. The molecule has 0 saturated carbocycles. The normalized spacial score (nSPS) is 11.8. The number of ether oxygens (including phenoxy) is 7. The number of nitrogens with zero attached hydrogens (tertiary/aromatic N) is 3. The zero-order valence-electron chi connectivity index (χ0n) is 25.7. The van der Waals surface area contributed by atoms with E-state index in [4.69, 9.17) is 38.9 Å². The largest absolute Gasteiger partial charge is 0.475 e. The summed E-state index contributed by atoms with van der Waals surface area (Å²) in [5.41, 5.74) is 7.28. The van der Waals surface area contributed by atoms with E-state index in [1.54, 1.807) is 6.20 Å². The maximum atomic E-state index is 11.5. The molecule has 0 saturated heterocycles. The summed E-state index contributed by atoms with van der Waals surface area (Å²) in [6, 6.07) is 11.7. The Bertz CT molecular complexity index is 1470. The Morgan fingerprint density at radius 2 is 1.41 bits per heavy atom. The zero-order chi connectivity index (χ0) is 31.2. The van der Waals surface area contributed by atoms with Gasteiger partial charge in [0.05, 0.1) is 71.2 Å². The van der Waals surface area contributed by atoms with E-state index in [2.05, 4.69) is 9.97 Å². The smallest absolute Gasteiger partial charge is 0.332 e. The second kappa shape index (κ2) is 16.9. The lowest BCUT2D eigenvalue weighted by atomic mass is 10.1. The molecule has 4 aromatic rings. The second-order valence-electron chi connectivity index (χ2n) is 10.8. The van der Waals surface area contributed by atoms with Gasteiger partial charge in [-0.1, -0.05) is 12.1 Å². The van der Waals surface area contributed by atoms with Crippen molar-refractivity contribution in [2.24, 2.45) is 0 Å². The predicted molar refractivity (Wildman–Crippen MR) is 166 cm³/mol. The molecule has 0 aliphatic heterocycles. The van der Waals surface area contributed by atoms with E-state index in [1.165, 1.54) is 0 Å². The van der Waals surface area contributed by atoms with Crippen molar-refractivity contribution in [2.45, 2.75) is 26.4 Å². The number of aromatic nitrogens is 3. The van der Waals surface area contributed by atoms with Gasteiger partial charge < -0.3 is 38.9 Å². The third-order valence-corrected chi connectivity index (χ3v) is 6.19. The van der Waals surface area contributed by atoms with Crippen LogP contribution in [-0.2, 0) is 33.2 Å². The highest BCUT2D eigenvalue weighted by molar-refractivity contribution is 5.93. The van der Waals surface area contributed by atoms with Crippen LogP contribution in [0.1, 0.15) is 20.8 Å². The molecule has 238 valence electrons. The number of nitrogen functional groups attached to an aromatic ring is 1. The summed E-state index contributed by atoms with van der Waals surface area (Å²) in [5.74, 6) is 0.911. The van der Waals surface area contributed by atoms with E-state index >= 15 is 0 Å². The molecule has 0 radical (unpaired) electrons.